The summed E-state index contributed by atoms with van der Waals surface area (Å²) in [6.45, 7) is 0. The lowest BCUT2D eigenvalue weighted by molar-refractivity contribution is -0.337. The number of carbonyl (C=O) groups excluding carboxylic acids is 2. The SMILES string of the molecule is [B]Cc1cc(C[B])c(OC(=O)C2CCCC3C(C(=O)OC(C(F)(F)F)(C(F)(F)F)S(=O)(=O)O)CCCC23)c(C[B])c1. The number of benzene rings is 1. The van der Waals surface area contributed by atoms with E-state index in [4.69, 9.17) is 32.8 Å². The first-order valence-electron chi connectivity index (χ1n) is 12.7. The number of fused-ring (bicyclic) bond motifs is 1. The highest BCUT2D eigenvalue weighted by Gasteiger charge is 2.83. The Balaban J connectivity index is 1.91. The molecule has 0 amide bonds. The van der Waals surface area contributed by atoms with Gasteiger partial charge in [-0.2, -0.15) is 34.8 Å². The number of hydrogen-bond donors (Lipinski definition) is 1. The Bertz CT molecular complexity index is 1220. The fourth-order valence-corrected chi connectivity index (χ4v) is 6.75. The van der Waals surface area contributed by atoms with Crippen molar-refractivity contribution in [1.29, 1.82) is 0 Å². The summed E-state index contributed by atoms with van der Waals surface area (Å²) >= 11 is 0. The lowest BCUT2D eigenvalue weighted by Crippen LogP contribution is -2.65. The fraction of sp³-hybridized carbons (Fsp3) is 0.667. The van der Waals surface area contributed by atoms with Crippen molar-refractivity contribution in [1.82, 2.24) is 0 Å². The normalized spacial score (nSPS) is 23.9. The Morgan fingerprint density at radius 1 is 0.805 bits per heavy atom. The Kier molecular flexibility index (Phi) is 9.94. The van der Waals surface area contributed by atoms with Gasteiger partial charge in [-0.05, 0) is 48.6 Å². The van der Waals surface area contributed by atoms with E-state index in [0.717, 1.165) is 0 Å². The second-order valence-electron chi connectivity index (χ2n) is 10.2. The molecule has 4 unspecified atom stereocenters. The van der Waals surface area contributed by atoms with Gasteiger partial charge in [0.25, 0.3) is 0 Å². The zero-order chi connectivity index (χ0) is 31.0. The van der Waals surface area contributed by atoms with Crippen molar-refractivity contribution in [2.45, 2.75) is 74.8 Å². The van der Waals surface area contributed by atoms with Crippen LogP contribution in [-0.4, -0.2) is 65.7 Å². The molecule has 1 aromatic carbocycles. The maximum atomic E-state index is 13.6. The first kappa shape index (κ1) is 33.3. The fourth-order valence-electron chi connectivity index (χ4n) is 5.98. The largest absolute Gasteiger partial charge is 0.456 e. The molecule has 2 saturated carbocycles. The predicted octanol–water partition coefficient (Wildman–Crippen LogP) is 3.68. The third-order valence-corrected chi connectivity index (χ3v) is 9.10. The van der Waals surface area contributed by atoms with Gasteiger partial charge in [0.2, 0.25) is 0 Å². The Labute approximate surface area is 237 Å². The van der Waals surface area contributed by atoms with Crippen molar-refractivity contribution in [2.24, 2.45) is 23.7 Å². The van der Waals surface area contributed by atoms with Gasteiger partial charge in [-0.15, -0.1) is 0 Å². The maximum absolute atomic E-state index is 13.6. The van der Waals surface area contributed by atoms with Crippen molar-refractivity contribution in [2.75, 3.05) is 0 Å². The highest BCUT2D eigenvalue weighted by atomic mass is 32.2. The molecule has 17 heteroatoms. The summed E-state index contributed by atoms with van der Waals surface area (Å²) in [4.78, 5) is 20.0. The van der Waals surface area contributed by atoms with Crippen molar-refractivity contribution >= 4 is 45.6 Å². The van der Waals surface area contributed by atoms with Crippen LogP contribution in [0, 0.1) is 23.7 Å². The molecule has 0 saturated heterocycles. The minimum Gasteiger partial charge on any atom is -0.426 e. The molecule has 220 valence electrons. The van der Waals surface area contributed by atoms with Crippen LogP contribution in [0.5, 0.6) is 5.75 Å². The monoisotopic (exact) mass is 604 g/mol. The van der Waals surface area contributed by atoms with Crippen molar-refractivity contribution in [3.05, 3.63) is 28.8 Å². The molecule has 0 heterocycles. The highest BCUT2D eigenvalue weighted by Crippen LogP contribution is 2.52. The molecule has 2 fully saturated rings. The number of carbonyl (C=O) groups is 2. The quantitative estimate of drug-likeness (QED) is 0.159. The number of halogens is 6. The summed E-state index contributed by atoms with van der Waals surface area (Å²) in [7, 11) is 10.2. The summed E-state index contributed by atoms with van der Waals surface area (Å²) in [5.41, 5.74) is 1.58. The van der Waals surface area contributed by atoms with E-state index in [1.807, 2.05) is 0 Å². The Morgan fingerprint density at radius 3 is 1.61 bits per heavy atom. The molecule has 4 atom stereocenters. The zero-order valence-corrected chi connectivity index (χ0v) is 22.4. The van der Waals surface area contributed by atoms with E-state index < -0.39 is 63.0 Å². The number of hydrogen-bond acceptors (Lipinski definition) is 6. The molecule has 2 aliphatic carbocycles. The Hall–Kier alpha value is -2.16. The van der Waals surface area contributed by atoms with Gasteiger partial charge < -0.3 is 9.47 Å². The summed E-state index contributed by atoms with van der Waals surface area (Å²) in [6.07, 6.45) is -12.5. The molecule has 1 aromatic rings. The summed E-state index contributed by atoms with van der Waals surface area (Å²) in [6, 6.07) is 3.28. The van der Waals surface area contributed by atoms with Crippen LogP contribution < -0.4 is 4.74 Å². The van der Waals surface area contributed by atoms with Crippen LogP contribution in [0.4, 0.5) is 26.3 Å². The summed E-state index contributed by atoms with van der Waals surface area (Å²) in [5.74, 6) is -6.79. The van der Waals surface area contributed by atoms with E-state index in [-0.39, 0.29) is 56.8 Å². The molecular weight excluding hydrogens is 579 g/mol. The van der Waals surface area contributed by atoms with E-state index in [1.54, 1.807) is 12.1 Å². The number of rotatable bonds is 8. The number of esters is 2. The zero-order valence-electron chi connectivity index (χ0n) is 21.6. The van der Waals surface area contributed by atoms with Crippen molar-refractivity contribution in [3.63, 3.8) is 0 Å². The molecule has 0 aromatic heterocycles. The number of ether oxygens (including phenoxy) is 2. The molecule has 0 spiro atoms. The van der Waals surface area contributed by atoms with Crippen molar-refractivity contribution < 1.29 is 58.4 Å². The molecule has 3 rings (SSSR count). The first-order valence-corrected chi connectivity index (χ1v) is 14.2. The van der Waals surface area contributed by atoms with Crippen LogP contribution >= 0.6 is 0 Å². The standard InChI is InChI=1S/C24H25B3F6O7S/c25-9-12-7-13(10-26)19(14(8-12)11-27)39-20(34)17-5-1-4-16-15(17)3-2-6-18(16)21(35)40-22(23(28,29)30,24(31,32)33)41(36,37)38/h7-8,15-18H,1-6,9-11H2,(H,36,37,38). The minimum absolute atomic E-state index is 0.0258. The molecule has 6 radical (unpaired) electrons. The van der Waals surface area contributed by atoms with Gasteiger partial charge in [-0.25, -0.2) is 0 Å². The van der Waals surface area contributed by atoms with E-state index in [0.29, 0.717) is 23.1 Å². The van der Waals surface area contributed by atoms with Crippen LogP contribution in [0.1, 0.15) is 55.2 Å². The lowest BCUT2D eigenvalue weighted by Gasteiger charge is -2.44. The van der Waals surface area contributed by atoms with Crippen LogP contribution in [0.25, 0.3) is 0 Å². The molecule has 41 heavy (non-hydrogen) atoms. The van der Waals surface area contributed by atoms with Gasteiger partial charge in [-0.1, -0.05) is 49.5 Å². The Morgan fingerprint density at radius 2 is 1.24 bits per heavy atom. The van der Waals surface area contributed by atoms with Gasteiger partial charge in [0.1, 0.15) is 5.75 Å². The average Bonchev–Trinajstić information content (AvgIpc) is 2.88. The topological polar surface area (TPSA) is 107 Å². The smallest absolute Gasteiger partial charge is 0.426 e. The summed E-state index contributed by atoms with van der Waals surface area (Å²) in [5, 5.41) is 0. The van der Waals surface area contributed by atoms with Crippen LogP contribution in [0.15, 0.2) is 12.1 Å². The van der Waals surface area contributed by atoms with Crippen molar-refractivity contribution in [3.8, 4) is 5.75 Å². The van der Waals surface area contributed by atoms with Gasteiger partial charge in [-0.3, -0.25) is 14.1 Å². The van der Waals surface area contributed by atoms with E-state index in [9.17, 15) is 44.3 Å². The molecule has 0 bridgehead atoms. The second kappa shape index (κ2) is 12.2. The average molecular weight is 604 g/mol. The molecule has 1 N–H and O–H groups in total. The predicted molar refractivity (Wildman–Crippen MR) is 135 cm³/mol. The molecule has 2 aliphatic rings. The summed E-state index contributed by atoms with van der Waals surface area (Å²) < 4.78 is 123. The third kappa shape index (κ3) is 6.30. The van der Waals surface area contributed by atoms with E-state index in [1.165, 1.54) is 0 Å². The van der Waals surface area contributed by atoms with Crippen LogP contribution in [0.3, 0.4) is 0 Å². The van der Waals surface area contributed by atoms with Gasteiger partial charge in [0, 0.05) is 0 Å². The van der Waals surface area contributed by atoms with Gasteiger partial charge >= 0.3 is 39.3 Å². The first-order chi connectivity index (χ1) is 18.9. The van der Waals surface area contributed by atoms with E-state index in [2.05, 4.69) is 4.74 Å². The molecule has 7 nitrogen and oxygen atoms in total. The van der Waals surface area contributed by atoms with Gasteiger partial charge in [0.05, 0.1) is 35.4 Å². The third-order valence-electron chi connectivity index (χ3n) is 7.83. The number of alkyl halides is 6. The van der Waals surface area contributed by atoms with Gasteiger partial charge in [0.15, 0.2) is 0 Å². The van der Waals surface area contributed by atoms with Crippen LogP contribution in [0.2, 0.25) is 0 Å². The van der Waals surface area contributed by atoms with Crippen LogP contribution in [-0.2, 0) is 43.4 Å². The maximum Gasteiger partial charge on any atom is 0.456 e. The second-order valence-corrected chi connectivity index (χ2v) is 11.7. The highest BCUT2D eigenvalue weighted by molar-refractivity contribution is 7.87. The van der Waals surface area contributed by atoms with E-state index >= 15 is 0 Å². The molecular formula is C24H25B3F6O7S. The molecule has 0 aliphatic heterocycles. The lowest BCUT2D eigenvalue weighted by atomic mass is 9.61. The minimum atomic E-state index is -7.08.